The Labute approximate surface area is 120 Å². The maximum absolute atomic E-state index is 13.0. The number of hydrogen-bond donors (Lipinski definition) is 0. The van der Waals surface area contributed by atoms with Gasteiger partial charge in [-0.1, -0.05) is 12.1 Å². The minimum atomic E-state index is -5.40. The van der Waals surface area contributed by atoms with Gasteiger partial charge >= 0.3 is 18.3 Å². The van der Waals surface area contributed by atoms with Gasteiger partial charge in [-0.15, -0.1) is 0 Å². The van der Waals surface area contributed by atoms with Gasteiger partial charge in [0.25, 0.3) is 0 Å². The van der Waals surface area contributed by atoms with Crippen molar-refractivity contribution in [2.45, 2.75) is 25.7 Å². The summed E-state index contributed by atoms with van der Waals surface area (Å²) < 4.78 is 82.3. The first-order valence-electron chi connectivity index (χ1n) is 5.93. The van der Waals surface area contributed by atoms with Crippen molar-refractivity contribution in [2.75, 3.05) is 6.61 Å². The van der Waals surface area contributed by atoms with Crippen LogP contribution in [-0.2, 0) is 28.3 Å². The van der Waals surface area contributed by atoms with Crippen LogP contribution in [0.1, 0.15) is 34.0 Å². The van der Waals surface area contributed by atoms with Crippen molar-refractivity contribution < 1.29 is 40.7 Å². The maximum atomic E-state index is 13.0. The third-order valence-electron chi connectivity index (χ3n) is 2.66. The summed E-state index contributed by atoms with van der Waals surface area (Å²) in [5, 5.41) is 0. The molecule has 0 fully saturated rings. The van der Waals surface area contributed by atoms with Crippen LogP contribution in [0.25, 0.3) is 0 Å². The predicted molar refractivity (Wildman–Crippen MR) is 62.2 cm³/mol. The number of benzene rings is 1. The summed E-state index contributed by atoms with van der Waals surface area (Å²) in [6.07, 6.45) is -12.1. The molecule has 0 N–H and O–H groups in total. The molecule has 0 spiro atoms. The second-order valence-electron chi connectivity index (χ2n) is 4.16. The monoisotopic (exact) mass is 328 g/mol. The van der Waals surface area contributed by atoms with Gasteiger partial charge < -0.3 is 4.74 Å². The summed E-state index contributed by atoms with van der Waals surface area (Å²) in [5.74, 6) is -1.10. The number of rotatable bonds is 4. The van der Waals surface area contributed by atoms with E-state index >= 15 is 0 Å². The van der Waals surface area contributed by atoms with E-state index in [1.807, 2.05) is 0 Å². The van der Waals surface area contributed by atoms with Gasteiger partial charge in [0.15, 0.2) is 6.29 Å². The molecule has 0 aliphatic carbocycles. The van der Waals surface area contributed by atoms with E-state index in [1.54, 1.807) is 0 Å². The van der Waals surface area contributed by atoms with Crippen molar-refractivity contribution in [2.24, 2.45) is 0 Å². The highest BCUT2D eigenvalue weighted by Crippen LogP contribution is 2.43. The fourth-order valence-corrected chi connectivity index (χ4v) is 1.90. The van der Waals surface area contributed by atoms with Gasteiger partial charge in [-0.05, 0) is 12.5 Å². The minimum absolute atomic E-state index is 0.126. The smallest absolute Gasteiger partial charge is 0.417 e. The summed E-state index contributed by atoms with van der Waals surface area (Å²) in [7, 11) is 0. The van der Waals surface area contributed by atoms with Crippen LogP contribution in [0.3, 0.4) is 0 Å². The Bertz CT molecular complexity index is 574. The highest BCUT2D eigenvalue weighted by atomic mass is 19.4. The SMILES string of the molecule is CCOC(=O)Cc1ccc(C=O)c(C(F)(F)F)c1C(F)(F)F. The zero-order valence-corrected chi connectivity index (χ0v) is 11.1. The number of carbonyl (C=O) groups excluding carboxylic acids is 2. The van der Waals surface area contributed by atoms with Crippen LogP contribution in [0.5, 0.6) is 0 Å². The lowest BCUT2D eigenvalue weighted by Crippen LogP contribution is -2.23. The Morgan fingerprint density at radius 3 is 2.05 bits per heavy atom. The van der Waals surface area contributed by atoms with Gasteiger partial charge in [0, 0.05) is 5.56 Å². The molecule has 0 atom stereocenters. The van der Waals surface area contributed by atoms with Gasteiger partial charge in [0.05, 0.1) is 24.2 Å². The maximum Gasteiger partial charge on any atom is 0.417 e. The van der Waals surface area contributed by atoms with Gasteiger partial charge in [0.2, 0.25) is 0 Å². The molecule has 122 valence electrons. The third-order valence-corrected chi connectivity index (χ3v) is 2.66. The number of esters is 1. The van der Waals surface area contributed by atoms with E-state index < -0.39 is 47.0 Å². The molecule has 0 radical (unpaired) electrons. The standard InChI is InChI=1S/C13H10F6O3/c1-2-22-9(21)5-7-3-4-8(6-20)11(13(17,18)19)10(7)12(14,15)16/h3-4,6H,2,5H2,1H3. The number of aldehydes is 1. The molecular weight excluding hydrogens is 318 g/mol. The van der Waals surface area contributed by atoms with E-state index in [2.05, 4.69) is 4.74 Å². The zero-order chi connectivity index (χ0) is 17.1. The molecule has 0 unspecified atom stereocenters. The molecule has 0 aliphatic heterocycles. The molecule has 1 aromatic rings. The number of hydrogen-bond acceptors (Lipinski definition) is 3. The Balaban J connectivity index is 3.59. The van der Waals surface area contributed by atoms with Gasteiger partial charge in [-0.3, -0.25) is 9.59 Å². The molecule has 0 bridgehead atoms. The normalized spacial score (nSPS) is 12.1. The topological polar surface area (TPSA) is 43.4 Å². The molecule has 3 nitrogen and oxygen atoms in total. The highest BCUT2D eigenvalue weighted by Gasteiger charge is 2.46. The van der Waals surface area contributed by atoms with E-state index in [-0.39, 0.29) is 12.9 Å². The molecule has 0 heterocycles. The Morgan fingerprint density at radius 2 is 1.64 bits per heavy atom. The summed E-state index contributed by atoms with van der Waals surface area (Å²) >= 11 is 0. The number of alkyl halides is 6. The average Bonchev–Trinajstić information content (AvgIpc) is 2.36. The average molecular weight is 328 g/mol. The second-order valence-corrected chi connectivity index (χ2v) is 4.16. The minimum Gasteiger partial charge on any atom is -0.466 e. The summed E-state index contributed by atoms with van der Waals surface area (Å²) in [5.41, 5.74) is -6.19. The molecule has 0 saturated carbocycles. The van der Waals surface area contributed by atoms with Crippen molar-refractivity contribution in [3.8, 4) is 0 Å². The van der Waals surface area contributed by atoms with Crippen LogP contribution in [0.2, 0.25) is 0 Å². The molecular formula is C13H10F6O3. The molecule has 22 heavy (non-hydrogen) atoms. The van der Waals surface area contributed by atoms with Crippen molar-refractivity contribution in [1.82, 2.24) is 0 Å². The summed E-state index contributed by atoms with van der Waals surface area (Å²) in [6.45, 7) is 1.28. The first kappa shape index (κ1) is 18.0. The van der Waals surface area contributed by atoms with Crippen molar-refractivity contribution in [1.29, 1.82) is 0 Å². The van der Waals surface area contributed by atoms with E-state index in [4.69, 9.17) is 0 Å². The van der Waals surface area contributed by atoms with Crippen LogP contribution in [0.15, 0.2) is 12.1 Å². The van der Waals surface area contributed by atoms with E-state index in [1.165, 1.54) is 6.92 Å². The first-order valence-corrected chi connectivity index (χ1v) is 5.93. The third kappa shape index (κ3) is 3.99. The Morgan fingerprint density at radius 1 is 1.09 bits per heavy atom. The van der Waals surface area contributed by atoms with Crippen LogP contribution >= 0.6 is 0 Å². The molecule has 0 aromatic heterocycles. The molecule has 1 aromatic carbocycles. The molecule has 0 aliphatic rings. The molecule has 1 rings (SSSR count). The number of halogens is 6. The van der Waals surface area contributed by atoms with Crippen molar-refractivity contribution in [3.05, 3.63) is 34.4 Å². The lowest BCUT2D eigenvalue weighted by molar-refractivity contribution is -0.163. The molecule has 0 saturated heterocycles. The first-order chi connectivity index (χ1) is 10.0. The van der Waals surface area contributed by atoms with E-state index in [0.29, 0.717) is 12.1 Å². The quantitative estimate of drug-likeness (QED) is 0.481. The van der Waals surface area contributed by atoms with E-state index in [9.17, 15) is 35.9 Å². The van der Waals surface area contributed by atoms with Crippen molar-refractivity contribution in [3.63, 3.8) is 0 Å². The molecule has 9 heteroatoms. The van der Waals surface area contributed by atoms with Crippen LogP contribution in [0, 0.1) is 0 Å². The Kier molecular flexibility index (Phi) is 5.21. The van der Waals surface area contributed by atoms with Crippen LogP contribution in [0.4, 0.5) is 26.3 Å². The highest BCUT2D eigenvalue weighted by molar-refractivity contribution is 5.80. The zero-order valence-electron chi connectivity index (χ0n) is 11.1. The summed E-state index contributed by atoms with van der Waals surface area (Å²) in [6, 6.07) is 1.26. The fourth-order valence-electron chi connectivity index (χ4n) is 1.90. The summed E-state index contributed by atoms with van der Waals surface area (Å²) in [4.78, 5) is 21.9. The lowest BCUT2D eigenvalue weighted by atomic mass is 9.93. The van der Waals surface area contributed by atoms with Gasteiger partial charge in [-0.25, -0.2) is 0 Å². The van der Waals surface area contributed by atoms with Crippen LogP contribution < -0.4 is 0 Å². The Hall–Kier alpha value is -2.06. The van der Waals surface area contributed by atoms with Crippen LogP contribution in [-0.4, -0.2) is 18.9 Å². The van der Waals surface area contributed by atoms with Gasteiger partial charge in [0.1, 0.15) is 0 Å². The fraction of sp³-hybridized carbons (Fsp3) is 0.385. The largest absolute Gasteiger partial charge is 0.466 e. The van der Waals surface area contributed by atoms with Gasteiger partial charge in [-0.2, -0.15) is 26.3 Å². The molecule has 0 amide bonds. The number of carbonyl (C=O) groups is 2. The second kappa shape index (κ2) is 6.37. The van der Waals surface area contributed by atoms with Crippen molar-refractivity contribution >= 4 is 12.3 Å². The lowest BCUT2D eigenvalue weighted by Gasteiger charge is -2.20. The predicted octanol–water partition coefficient (Wildman–Crippen LogP) is 3.64. The van der Waals surface area contributed by atoms with E-state index in [0.717, 1.165) is 0 Å². The number of ether oxygens (including phenoxy) is 1.